The Morgan fingerprint density at radius 1 is 1.06 bits per heavy atom. The minimum absolute atomic E-state index is 0.121. The molecular formula is C25H33N3O4S. The number of benzene rings is 2. The van der Waals surface area contributed by atoms with Gasteiger partial charge in [0.1, 0.15) is 6.04 Å². The quantitative estimate of drug-likeness (QED) is 0.629. The Bertz CT molecular complexity index is 1080. The van der Waals surface area contributed by atoms with Gasteiger partial charge in [-0.25, -0.2) is 8.42 Å². The summed E-state index contributed by atoms with van der Waals surface area (Å²) in [5.74, 6) is -0.640. The summed E-state index contributed by atoms with van der Waals surface area (Å²) < 4.78 is 27.8. The SMILES string of the molecule is CCCN(C(=O)c1cc(S(=O)(=O)N2CCCCC2)ccc1C)C(C)C(=O)Nc1ccccc1. The zero-order valence-electron chi connectivity index (χ0n) is 19.6. The van der Waals surface area contributed by atoms with Gasteiger partial charge in [-0.3, -0.25) is 9.59 Å². The van der Waals surface area contributed by atoms with E-state index in [0.717, 1.165) is 19.3 Å². The van der Waals surface area contributed by atoms with Crippen molar-refractivity contribution >= 4 is 27.5 Å². The summed E-state index contributed by atoms with van der Waals surface area (Å²) >= 11 is 0. The van der Waals surface area contributed by atoms with Crippen LogP contribution in [0.1, 0.15) is 55.5 Å². The van der Waals surface area contributed by atoms with Crippen LogP contribution in [0.3, 0.4) is 0 Å². The molecule has 1 heterocycles. The largest absolute Gasteiger partial charge is 0.327 e. The maximum absolute atomic E-state index is 13.5. The Labute approximate surface area is 196 Å². The molecule has 1 N–H and O–H groups in total. The second kappa shape index (κ2) is 10.9. The third-order valence-electron chi connectivity index (χ3n) is 6.01. The van der Waals surface area contributed by atoms with Gasteiger partial charge in [-0.2, -0.15) is 4.31 Å². The Morgan fingerprint density at radius 2 is 1.73 bits per heavy atom. The minimum Gasteiger partial charge on any atom is -0.327 e. The lowest BCUT2D eigenvalue weighted by Gasteiger charge is -2.29. The van der Waals surface area contributed by atoms with Crippen LogP contribution in [0.4, 0.5) is 5.69 Å². The molecule has 3 rings (SSSR count). The molecule has 1 unspecified atom stereocenters. The van der Waals surface area contributed by atoms with Crippen molar-refractivity contribution < 1.29 is 18.0 Å². The molecule has 178 valence electrons. The van der Waals surface area contributed by atoms with E-state index < -0.39 is 16.1 Å². The van der Waals surface area contributed by atoms with Gasteiger partial charge in [-0.1, -0.05) is 37.6 Å². The van der Waals surface area contributed by atoms with Crippen LogP contribution in [-0.4, -0.2) is 55.1 Å². The van der Waals surface area contributed by atoms with Crippen molar-refractivity contribution in [1.29, 1.82) is 0 Å². The number of nitrogens with one attached hydrogen (secondary N) is 1. The first-order chi connectivity index (χ1) is 15.8. The predicted molar refractivity (Wildman–Crippen MR) is 130 cm³/mol. The maximum Gasteiger partial charge on any atom is 0.254 e. The van der Waals surface area contributed by atoms with Crippen LogP contribution in [0.5, 0.6) is 0 Å². The van der Waals surface area contributed by atoms with Crippen LogP contribution < -0.4 is 5.32 Å². The number of hydrogen-bond donors (Lipinski definition) is 1. The van der Waals surface area contributed by atoms with Crippen LogP contribution in [0.2, 0.25) is 0 Å². The molecule has 0 saturated carbocycles. The van der Waals surface area contributed by atoms with E-state index in [1.807, 2.05) is 25.1 Å². The van der Waals surface area contributed by atoms with E-state index in [0.29, 0.717) is 42.9 Å². The van der Waals surface area contributed by atoms with Gasteiger partial charge >= 0.3 is 0 Å². The number of rotatable bonds is 8. The second-order valence-electron chi connectivity index (χ2n) is 8.47. The third-order valence-corrected chi connectivity index (χ3v) is 7.90. The maximum atomic E-state index is 13.5. The van der Waals surface area contributed by atoms with Crippen molar-refractivity contribution in [2.75, 3.05) is 25.0 Å². The van der Waals surface area contributed by atoms with Gasteiger partial charge in [0, 0.05) is 30.9 Å². The van der Waals surface area contributed by atoms with E-state index in [2.05, 4.69) is 5.32 Å². The van der Waals surface area contributed by atoms with Gasteiger partial charge < -0.3 is 10.2 Å². The number of carbonyl (C=O) groups is 2. The molecule has 1 saturated heterocycles. The Hall–Kier alpha value is -2.71. The normalized spacial score (nSPS) is 15.6. The predicted octanol–water partition coefficient (Wildman–Crippen LogP) is 4.05. The number of piperidine rings is 1. The number of hydrogen-bond acceptors (Lipinski definition) is 4. The van der Waals surface area contributed by atoms with E-state index in [4.69, 9.17) is 0 Å². The third kappa shape index (κ3) is 5.81. The summed E-state index contributed by atoms with van der Waals surface area (Å²) in [4.78, 5) is 28.1. The Morgan fingerprint density at radius 3 is 2.36 bits per heavy atom. The molecule has 8 heteroatoms. The highest BCUT2D eigenvalue weighted by Crippen LogP contribution is 2.24. The molecule has 1 fully saturated rings. The zero-order chi connectivity index (χ0) is 24.0. The van der Waals surface area contributed by atoms with E-state index in [9.17, 15) is 18.0 Å². The van der Waals surface area contributed by atoms with E-state index in [1.54, 1.807) is 38.1 Å². The lowest BCUT2D eigenvalue weighted by molar-refractivity contribution is -0.120. The van der Waals surface area contributed by atoms with Gasteiger partial charge in [-0.15, -0.1) is 0 Å². The highest BCUT2D eigenvalue weighted by atomic mass is 32.2. The molecule has 1 atom stereocenters. The van der Waals surface area contributed by atoms with Crippen molar-refractivity contribution in [2.45, 2.75) is 57.4 Å². The van der Waals surface area contributed by atoms with E-state index >= 15 is 0 Å². The molecular weight excluding hydrogens is 438 g/mol. The summed E-state index contributed by atoms with van der Waals surface area (Å²) in [5.41, 5.74) is 1.64. The number of anilines is 1. The van der Waals surface area contributed by atoms with Crippen molar-refractivity contribution in [3.8, 4) is 0 Å². The number of amides is 2. The smallest absolute Gasteiger partial charge is 0.254 e. The molecule has 2 aromatic rings. The van der Waals surface area contributed by atoms with Crippen molar-refractivity contribution in [2.24, 2.45) is 0 Å². The van der Waals surface area contributed by atoms with Crippen LogP contribution in [0.25, 0.3) is 0 Å². The average Bonchev–Trinajstić information content (AvgIpc) is 2.83. The van der Waals surface area contributed by atoms with E-state index in [-0.39, 0.29) is 16.7 Å². The summed E-state index contributed by atoms with van der Waals surface area (Å²) in [6.45, 7) is 6.78. The van der Waals surface area contributed by atoms with Gasteiger partial charge in [0.2, 0.25) is 15.9 Å². The van der Waals surface area contributed by atoms with Gasteiger partial charge in [0.15, 0.2) is 0 Å². The monoisotopic (exact) mass is 471 g/mol. The molecule has 0 aliphatic carbocycles. The van der Waals surface area contributed by atoms with Gasteiger partial charge in [-0.05, 0) is 62.9 Å². The van der Waals surface area contributed by atoms with Crippen LogP contribution >= 0.6 is 0 Å². The minimum atomic E-state index is -3.67. The molecule has 33 heavy (non-hydrogen) atoms. The lowest BCUT2D eigenvalue weighted by atomic mass is 10.1. The molecule has 0 aromatic heterocycles. The van der Waals surface area contributed by atoms with E-state index in [1.165, 1.54) is 15.3 Å². The molecule has 1 aliphatic heterocycles. The topological polar surface area (TPSA) is 86.8 Å². The number of carbonyl (C=O) groups excluding carboxylic acids is 2. The van der Waals surface area contributed by atoms with Crippen LogP contribution in [0, 0.1) is 6.92 Å². The summed E-state index contributed by atoms with van der Waals surface area (Å²) in [6, 6.07) is 13.1. The van der Waals surface area contributed by atoms with Crippen LogP contribution in [0.15, 0.2) is 53.4 Å². The lowest BCUT2D eigenvalue weighted by Crippen LogP contribution is -2.46. The Balaban J connectivity index is 1.87. The first-order valence-corrected chi connectivity index (χ1v) is 13.0. The summed E-state index contributed by atoms with van der Waals surface area (Å²) in [5, 5.41) is 2.84. The van der Waals surface area contributed by atoms with Crippen LogP contribution in [-0.2, 0) is 14.8 Å². The Kier molecular flexibility index (Phi) is 8.26. The highest BCUT2D eigenvalue weighted by molar-refractivity contribution is 7.89. The average molecular weight is 472 g/mol. The second-order valence-corrected chi connectivity index (χ2v) is 10.4. The molecule has 7 nitrogen and oxygen atoms in total. The molecule has 0 radical (unpaired) electrons. The number of sulfonamides is 1. The number of para-hydroxylation sites is 1. The fourth-order valence-corrected chi connectivity index (χ4v) is 5.57. The molecule has 2 amide bonds. The first-order valence-electron chi connectivity index (χ1n) is 11.5. The van der Waals surface area contributed by atoms with Crippen molar-refractivity contribution in [1.82, 2.24) is 9.21 Å². The molecule has 1 aliphatic rings. The fraction of sp³-hybridized carbons (Fsp3) is 0.440. The fourth-order valence-electron chi connectivity index (χ4n) is 4.02. The number of nitrogens with zero attached hydrogens (tertiary/aromatic N) is 2. The first kappa shape index (κ1) is 24.9. The standard InChI is InChI=1S/C25H33N3O4S/c1-4-15-28(20(3)24(29)26-21-11-7-5-8-12-21)25(30)23-18-22(14-13-19(23)2)33(31,32)27-16-9-6-10-17-27/h5,7-8,11-14,18,20H,4,6,9-10,15-17H2,1-3H3,(H,26,29). The van der Waals surface area contributed by atoms with Crippen molar-refractivity contribution in [3.63, 3.8) is 0 Å². The molecule has 0 bridgehead atoms. The molecule has 0 spiro atoms. The highest BCUT2D eigenvalue weighted by Gasteiger charge is 2.30. The molecule has 2 aromatic carbocycles. The van der Waals surface area contributed by atoms with Crippen molar-refractivity contribution in [3.05, 3.63) is 59.7 Å². The summed E-state index contributed by atoms with van der Waals surface area (Å²) in [6.07, 6.45) is 3.38. The van der Waals surface area contributed by atoms with Gasteiger partial charge in [0.25, 0.3) is 5.91 Å². The summed E-state index contributed by atoms with van der Waals surface area (Å²) in [7, 11) is -3.67. The number of aryl methyl sites for hydroxylation is 1. The van der Waals surface area contributed by atoms with Gasteiger partial charge in [0.05, 0.1) is 4.90 Å². The zero-order valence-corrected chi connectivity index (χ0v) is 20.4.